The number of hydrogen-bond donors (Lipinski definition) is 7. The number of nitrogen functional groups attached to an aromatic ring is 3. The molecular weight excluding hydrogens is 753 g/mol. The van der Waals surface area contributed by atoms with E-state index in [0.29, 0.717) is 22.5 Å². The number of urea groups is 1. The van der Waals surface area contributed by atoms with Crippen molar-refractivity contribution in [2.45, 2.75) is 53.6 Å². The number of aromatic nitrogens is 2. The van der Waals surface area contributed by atoms with E-state index in [1.54, 1.807) is 36.5 Å². The van der Waals surface area contributed by atoms with Crippen molar-refractivity contribution in [1.29, 1.82) is 0 Å². The molecule has 0 fully saturated rings. The van der Waals surface area contributed by atoms with Crippen LogP contribution in [0.25, 0.3) is 22.3 Å². The van der Waals surface area contributed by atoms with E-state index in [0.717, 1.165) is 44.8 Å². The van der Waals surface area contributed by atoms with Crippen LogP contribution >= 0.6 is 0 Å². The summed E-state index contributed by atoms with van der Waals surface area (Å²) in [5.74, 6) is -0.0605. The second kappa shape index (κ2) is 21.4. The lowest BCUT2D eigenvalue weighted by Crippen LogP contribution is -2.31. The molecule has 10 N–H and O–H groups in total. The average Bonchev–Trinajstić information content (AvgIpc) is 3.22. The minimum Gasteiger partial charge on any atom is -0.399 e. The van der Waals surface area contributed by atoms with Gasteiger partial charge in [0, 0.05) is 72.4 Å². The van der Waals surface area contributed by atoms with Crippen molar-refractivity contribution < 1.29 is 14.4 Å². The molecule has 0 unspecified atom stereocenters. The maximum Gasteiger partial charge on any atom is 0.326 e. The number of rotatable bonds is 9. The maximum absolute atomic E-state index is 12.6. The van der Waals surface area contributed by atoms with E-state index in [9.17, 15) is 14.4 Å². The molecule has 0 spiro atoms. The molecule has 0 saturated carbocycles. The van der Waals surface area contributed by atoms with E-state index in [-0.39, 0.29) is 41.6 Å². The molecule has 2 heterocycles. The van der Waals surface area contributed by atoms with Gasteiger partial charge in [-0.3, -0.25) is 14.5 Å². The zero-order valence-corrected chi connectivity index (χ0v) is 35.5. The van der Waals surface area contributed by atoms with Gasteiger partial charge in [-0.1, -0.05) is 48.5 Å². The van der Waals surface area contributed by atoms with Crippen molar-refractivity contribution in [2.75, 3.05) is 46.8 Å². The molecule has 2 aromatic heterocycles. The number of hydrogen-bond acceptors (Lipinski definition) is 9. The number of nitrogens with two attached hydrogens (primary N) is 3. The zero-order valence-electron chi connectivity index (χ0n) is 35.5. The number of amides is 4. The van der Waals surface area contributed by atoms with Gasteiger partial charge in [0.15, 0.2) is 0 Å². The van der Waals surface area contributed by atoms with E-state index >= 15 is 0 Å². The fourth-order valence-corrected chi connectivity index (χ4v) is 5.95. The lowest BCUT2D eigenvalue weighted by Gasteiger charge is -2.18. The molecule has 6 aromatic rings. The first-order valence-corrected chi connectivity index (χ1v) is 19.5. The predicted octanol–water partition coefficient (Wildman–Crippen LogP) is 8.53. The van der Waals surface area contributed by atoms with Crippen LogP contribution in [-0.4, -0.2) is 54.0 Å². The molecule has 0 saturated heterocycles. The summed E-state index contributed by atoms with van der Waals surface area (Å²) in [5, 5.41) is 11.6. The van der Waals surface area contributed by atoms with Crippen molar-refractivity contribution in [1.82, 2.24) is 20.6 Å². The summed E-state index contributed by atoms with van der Waals surface area (Å²) >= 11 is 0. The summed E-state index contributed by atoms with van der Waals surface area (Å²) in [5.41, 5.74) is 27.0. The summed E-state index contributed by atoms with van der Waals surface area (Å²) < 4.78 is 0. The Morgan fingerprint density at radius 1 is 0.600 bits per heavy atom. The van der Waals surface area contributed by atoms with E-state index in [1.807, 2.05) is 146 Å². The largest absolute Gasteiger partial charge is 0.399 e. The number of para-hydroxylation sites is 2. The van der Waals surface area contributed by atoms with Gasteiger partial charge in [0.1, 0.15) is 11.6 Å². The van der Waals surface area contributed by atoms with Gasteiger partial charge in [-0.05, 0) is 124 Å². The van der Waals surface area contributed by atoms with Crippen LogP contribution in [0.3, 0.4) is 0 Å². The second-order valence-corrected chi connectivity index (χ2v) is 14.6. The molecule has 0 aliphatic heterocycles. The second-order valence-electron chi connectivity index (χ2n) is 14.6. The van der Waals surface area contributed by atoms with E-state index in [2.05, 4.69) is 31.2 Å². The number of nitrogens with one attached hydrogen (secondary N) is 4. The Hall–Kier alpha value is -7.41. The number of pyridine rings is 2. The van der Waals surface area contributed by atoms with Crippen LogP contribution in [0, 0.1) is 13.8 Å². The van der Waals surface area contributed by atoms with Crippen molar-refractivity contribution in [3.63, 3.8) is 0 Å². The molecule has 0 aliphatic rings. The van der Waals surface area contributed by atoms with E-state index < -0.39 is 0 Å². The molecule has 4 amide bonds. The van der Waals surface area contributed by atoms with Gasteiger partial charge in [0.2, 0.25) is 0 Å². The quantitative estimate of drug-likeness (QED) is 0.0698. The van der Waals surface area contributed by atoms with Gasteiger partial charge in [0.25, 0.3) is 11.8 Å². The third-order valence-electron chi connectivity index (χ3n) is 9.03. The molecular formula is C47H56N10O3. The first kappa shape index (κ1) is 45.3. The van der Waals surface area contributed by atoms with Crippen LogP contribution in [0.5, 0.6) is 0 Å². The highest BCUT2D eigenvalue weighted by molar-refractivity contribution is 6.02. The summed E-state index contributed by atoms with van der Waals surface area (Å²) in [6.07, 6.45) is 3.31. The van der Waals surface area contributed by atoms with Gasteiger partial charge in [-0.15, -0.1) is 0 Å². The normalized spacial score (nSPS) is 10.4. The van der Waals surface area contributed by atoms with E-state index in [1.165, 1.54) is 0 Å². The molecule has 312 valence electrons. The van der Waals surface area contributed by atoms with Gasteiger partial charge in [0.05, 0.1) is 11.1 Å². The molecule has 13 heteroatoms. The first-order chi connectivity index (χ1) is 28.6. The SMILES string of the molecule is CNc1ccccc1.Cc1cc(N)ccc1-c1cnc(N)c(C(=O)NC(C)C)c1.Cc1cc(NC(=O)N(C)c2ccccc2)ccc1-c1cnc(N)c(C(=O)NC(C)C)c1. The van der Waals surface area contributed by atoms with Crippen LogP contribution in [0.2, 0.25) is 0 Å². The Morgan fingerprint density at radius 2 is 1.07 bits per heavy atom. The van der Waals surface area contributed by atoms with E-state index in [4.69, 9.17) is 17.2 Å². The fourth-order valence-electron chi connectivity index (χ4n) is 5.95. The lowest BCUT2D eigenvalue weighted by atomic mass is 9.99. The third kappa shape index (κ3) is 12.8. The van der Waals surface area contributed by atoms with Crippen LogP contribution in [0.4, 0.5) is 39.2 Å². The molecule has 0 bridgehead atoms. The van der Waals surface area contributed by atoms with Gasteiger partial charge >= 0.3 is 6.03 Å². The van der Waals surface area contributed by atoms with Crippen LogP contribution in [-0.2, 0) is 0 Å². The highest BCUT2D eigenvalue weighted by atomic mass is 16.2. The Labute approximate surface area is 352 Å². The summed E-state index contributed by atoms with van der Waals surface area (Å²) in [6, 6.07) is 34.0. The van der Waals surface area contributed by atoms with Crippen molar-refractivity contribution in [3.8, 4) is 22.3 Å². The first-order valence-electron chi connectivity index (χ1n) is 19.5. The third-order valence-corrected chi connectivity index (χ3v) is 9.03. The number of carbonyl (C=O) groups excluding carboxylic acids is 3. The number of carbonyl (C=O) groups is 3. The van der Waals surface area contributed by atoms with Crippen LogP contribution < -0.4 is 43.4 Å². The Kier molecular flexibility index (Phi) is 16.1. The van der Waals surface area contributed by atoms with Crippen molar-refractivity contribution >= 4 is 52.2 Å². The van der Waals surface area contributed by atoms with Crippen LogP contribution in [0.1, 0.15) is 59.5 Å². The minimum absolute atomic E-state index is 0.00537. The van der Waals surface area contributed by atoms with Crippen molar-refractivity contribution in [2.24, 2.45) is 0 Å². The monoisotopic (exact) mass is 808 g/mol. The average molecular weight is 809 g/mol. The summed E-state index contributed by atoms with van der Waals surface area (Å²) in [7, 11) is 3.63. The topological polar surface area (TPSA) is 206 Å². The van der Waals surface area contributed by atoms with Gasteiger partial charge < -0.3 is 38.5 Å². The smallest absolute Gasteiger partial charge is 0.326 e. The van der Waals surface area contributed by atoms with Crippen LogP contribution in [0.15, 0.2) is 122 Å². The van der Waals surface area contributed by atoms with Gasteiger partial charge in [-0.2, -0.15) is 0 Å². The highest BCUT2D eigenvalue weighted by Crippen LogP contribution is 2.29. The number of aryl methyl sites for hydroxylation is 2. The molecule has 6 rings (SSSR count). The lowest BCUT2D eigenvalue weighted by molar-refractivity contribution is 0.0935. The molecule has 0 atom stereocenters. The Balaban J connectivity index is 0.000000234. The molecule has 0 aliphatic carbocycles. The molecule has 4 aromatic carbocycles. The maximum atomic E-state index is 12.6. The summed E-state index contributed by atoms with van der Waals surface area (Å²) in [4.78, 5) is 47.0. The zero-order chi connectivity index (χ0) is 43.9. The molecule has 60 heavy (non-hydrogen) atoms. The fraction of sp³-hybridized carbons (Fsp3) is 0.213. The molecule has 13 nitrogen and oxygen atoms in total. The number of nitrogens with zero attached hydrogens (tertiary/aromatic N) is 3. The predicted molar refractivity (Wildman–Crippen MR) is 247 cm³/mol. The van der Waals surface area contributed by atoms with Crippen molar-refractivity contribution in [3.05, 3.63) is 144 Å². The number of benzene rings is 4. The highest BCUT2D eigenvalue weighted by Gasteiger charge is 2.17. The molecule has 0 radical (unpaired) electrons. The van der Waals surface area contributed by atoms with Gasteiger partial charge in [-0.25, -0.2) is 14.8 Å². The Morgan fingerprint density at radius 3 is 1.50 bits per heavy atom. The Bertz CT molecular complexity index is 2390. The standard InChI is InChI=1S/C24H27N5O2.C16H20N4O.C7H9N/c1-15(2)27-23(30)21-13-17(14-26-22(21)25)20-11-10-18(12-16(20)3)28-24(31)29(4)19-8-6-5-7-9-19;1-9(2)20-16(21)14-7-11(8-19-15(14)18)13-5-4-12(17)6-10(13)3;1-8-7-5-3-2-4-6-7/h5-15H,1-4H3,(H2,25,26)(H,27,30)(H,28,31);4-9H,17H2,1-3H3,(H2,18,19)(H,20,21);2-6,8H,1H3. The minimum atomic E-state index is -0.257. The summed E-state index contributed by atoms with van der Waals surface area (Å²) in [6.45, 7) is 11.5. The number of anilines is 6.